The Morgan fingerprint density at radius 3 is 2.81 bits per heavy atom. The lowest BCUT2D eigenvalue weighted by molar-refractivity contribution is -0.142. The van der Waals surface area contributed by atoms with E-state index in [1.54, 1.807) is 0 Å². The molecule has 0 aliphatic heterocycles. The molecule has 21 heavy (non-hydrogen) atoms. The van der Waals surface area contributed by atoms with Crippen LogP contribution in [-0.2, 0) is 16.8 Å². The van der Waals surface area contributed by atoms with Gasteiger partial charge in [0, 0.05) is 10.2 Å². The minimum Gasteiger partial charge on any atom is -0.479 e. The van der Waals surface area contributed by atoms with Gasteiger partial charge in [0.15, 0.2) is 5.54 Å². The van der Waals surface area contributed by atoms with Crippen LogP contribution in [0.1, 0.15) is 23.1 Å². The SMILES string of the molecule is Cc1ccc2c(c1)C(Nc1cccc(Br)c1)(C(=O)O)CC2. The van der Waals surface area contributed by atoms with E-state index in [0.29, 0.717) is 6.42 Å². The highest BCUT2D eigenvalue weighted by Gasteiger charge is 2.45. The van der Waals surface area contributed by atoms with Gasteiger partial charge in [-0.25, -0.2) is 4.79 Å². The average molecular weight is 346 g/mol. The summed E-state index contributed by atoms with van der Waals surface area (Å²) in [6.45, 7) is 1.99. The largest absolute Gasteiger partial charge is 0.479 e. The molecule has 108 valence electrons. The molecule has 0 aromatic heterocycles. The summed E-state index contributed by atoms with van der Waals surface area (Å²) in [5.74, 6) is -0.827. The fourth-order valence-electron chi connectivity index (χ4n) is 2.98. The second-order valence-corrected chi connectivity index (χ2v) is 6.42. The first-order valence-corrected chi connectivity index (χ1v) is 7.68. The van der Waals surface area contributed by atoms with Crippen LogP contribution in [0.2, 0.25) is 0 Å². The van der Waals surface area contributed by atoms with Crippen molar-refractivity contribution in [3.8, 4) is 0 Å². The molecular formula is C17H16BrNO2. The minimum atomic E-state index is -1.04. The van der Waals surface area contributed by atoms with Crippen molar-refractivity contribution in [2.24, 2.45) is 0 Å². The molecule has 3 rings (SSSR count). The Morgan fingerprint density at radius 1 is 1.29 bits per heavy atom. The van der Waals surface area contributed by atoms with Crippen LogP contribution in [0.15, 0.2) is 46.9 Å². The van der Waals surface area contributed by atoms with Crippen LogP contribution >= 0.6 is 15.9 Å². The molecule has 4 heteroatoms. The number of benzene rings is 2. The predicted molar refractivity (Wildman–Crippen MR) is 86.6 cm³/mol. The van der Waals surface area contributed by atoms with Gasteiger partial charge in [-0.2, -0.15) is 0 Å². The van der Waals surface area contributed by atoms with Gasteiger partial charge < -0.3 is 10.4 Å². The van der Waals surface area contributed by atoms with Crippen LogP contribution in [0.3, 0.4) is 0 Å². The van der Waals surface area contributed by atoms with Crippen molar-refractivity contribution < 1.29 is 9.90 Å². The topological polar surface area (TPSA) is 49.3 Å². The van der Waals surface area contributed by atoms with Gasteiger partial charge in [0.25, 0.3) is 0 Å². The number of carboxylic acid groups (broad SMARTS) is 1. The van der Waals surface area contributed by atoms with Crippen molar-refractivity contribution in [1.82, 2.24) is 0 Å². The normalized spacial score (nSPS) is 20.1. The number of carboxylic acids is 1. The highest BCUT2D eigenvalue weighted by Crippen LogP contribution is 2.40. The Kier molecular flexibility index (Phi) is 3.49. The number of halogens is 1. The molecule has 1 unspecified atom stereocenters. The molecule has 1 aliphatic rings. The summed E-state index contributed by atoms with van der Waals surface area (Å²) in [5.41, 5.74) is 2.85. The van der Waals surface area contributed by atoms with Gasteiger partial charge in [0.05, 0.1) is 0 Å². The number of hydrogen-bond acceptors (Lipinski definition) is 2. The van der Waals surface area contributed by atoms with Gasteiger partial charge in [-0.3, -0.25) is 0 Å². The van der Waals surface area contributed by atoms with Crippen LogP contribution in [0, 0.1) is 6.92 Å². The van der Waals surface area contributed by atoms with E-state index in [2.05, 4.69) is 21.2 Å². The van der Waals surface area contributed by atoms with Crippen molar-refractivity contribution in [2.75, 3.05) is 5.32 Å². The number of rotatable bonds is 3. The molecule has 2 aromatic rings. The summed E-state index contributed by atoms with van der Waals surface area (Å²) in [6, 6.07) is 13.7. The highest BCUT2D eigenvalue weighted by molar-refractivity contribution is 9.10. The molecule has 0 fully saturated rings. The molecule has 3 nitrogen and oxygen atoms in total. The van der Waals surface area contributed by atoms with Crippen LogP contribution in [0.25, 0.3) is 0 Å². The molecule has 0 saturated heterocycles. The molecule has 0 spiro atoms. The van der Waals surface area contributed by atoms with Crippen LogP contribution in [0.4, 0.5) is 5.69 Å². The van der Waals surface area contributed by atoms with Crippen molar-refractivity contribution in [3.05, 3.63) is 63.6 Å². The lowest BCUT2D eigenvalue weighted by Crippen LogP contribution is -2.41. The number of hydrogen-bond donors (Lipinski definition) is 2. The molecule has 2 aromatic carbocycles. The first-order valence-electron chi connectivity index (χ1n) is 6.88. The summed E-state index contributed by atoms with van der Waals surface area (Å²) >= 11 is 3.42. The van der Waals surface area contributed by atoms with Crippen LogP contribution < -0.4 is 5.32 Å². The van der Waals surface area contributed by atoms with E-state index in [1.165, 1.54) is 0 Å². The van der Waals surface area contributed by atoms with Crippen molar-refractivity contribution in [3.63, 3.8) is 0 Å². The maximum atomic E-state index is 12.0. The van der Waals surface area contributed by atoms with Crippen LogP contribution in [-0.4, -0.2) is 11.1 Å². The van der Waals surface area contributed by atoms with E-state index in [-0.39, 0.29) is 0 Å². The summed E-state index contributed by atoms with van der Waals surface area (Å²) in [6.07, 6.45) is 1.34. The van der Waals surface area contributed by atoms with Gasteiger partial charge in [0.2, 0.25) is 0 Å². The number of fused-ring (bicyclic) bond motifs is 1. The Bertz CT molecular complexity index is 714. The third-order valence-corrected chi connectivity index (χ3v) is 4.54. The zero-order chi connectivity index (χ0) is 15.0. The molecule has 2 N–H and O–H groups in total. The van der Waals surface area contributed by atoms with E-state index in [0.717, 1.165) is 33.3 Å². The number of carbonyl (C=O) groups is 1. The average Bonchev–Trinajstić information content (AvgIpc) is 2.78. The number of aliphatic carboxylic acids is 1. The third-order valence-electron chi connectivity index (χ3n) is 4.04. The lowest BCUT2D eigenvalue weighted by Gasteiger charge is -2.28. The third kappa shape index (κ3) is 2.44. The lowest BCUT2D eigenvalue weighted by atomic mass is 9.90. The standard InChI is InChI=1S/C17H16BrNO2/c1-11-5-6-12-7-8-17(16(20)21,15(12)9-11)19-14-4-2-3-13(18)10-14/h2-6,9-10,19H,7-8H2,1H3,(H,20,21). The maximum absolute atomic E-state index is 12.0. The van der Waals surface area contributed by atoms with E-state index in [9.17, 15) is 9.90 Å². The number of nitrogens with one attached hydrogen (secondary N) is 1. The Morgan fingerprint density at radius 2 is 2.10 bits per heavy atom. The van der Waals surface area contributed by atoms with Gasteiger partial charge in [-0.15, -0.1) is 0 Å². The number of anilines is 1. The fraction of sp³-hybridized carbons (Fsp3) is 0.235. The summed E-state index contributed by atoms with van der Waals surface area (Å²) in [4.78, 5) is 12.0. The molecular weight excluding hydrogens is 330 g/mol. The van der Waals surface area contributed by atoms with Crippen molar-refractivity contribution in [2.45, 2.75) is 25.3 Å². The smallest absolute Gasteiger partial charge is 0.334 e. The number of aryl methyl sites for hydroxylation is 2. The molecule has 1 atom stereocenters. The molecule has 0 saturated carbocycles. The predicted octanol–water partition coefficient (Wildman–Crippen LogP) is 4.10. The van der Waals surface area contributed by atoms with Gasteiger partial charge in [0.1, 0.15) is 0 Å². The fourth-order valence-corrected chi connectivity index (χ4v) is 3.38. The second kappa shape index (κ2) is 5.19. The Labute approximate surface area is 132 Å². The zero-order valence-electron chi connectivity index (χ0n) is 11.7. The quantitative estimate of drug-likeness (QED) is 0.880. The minimum absolute atomic E-state index is 0.563. The Hall–Kier alpha value is -1.81. The van der Waals surface area contributed by atoms with Crippen LogP contribution in [0.5, 0.6) is 0 Å². The zero-order valence-corrected chi connectivity index (χ0v) is 13.3. The molecule has 0 heterocycles. The molecule has 0 bridgehead atoms. The second-order valence-electron chi connectivity index (χ2n) is 5.51. The first-order chi connectivity index (χ1) is 10.0. The highest BCUT2D eigenvalue weighted by atomic mass is 79.9. The van der Waals surface area contributed by atoms with Gasteiger partial charge in [-0.05, 0) is 49.1 Å². The summed E-state index contributed by atoms with van der Waals surface area (Å²) < 4.78 is 0.926. The van der Waals surface area contributed by atoms with Crippen molar-refractivity contribution >= 4 is 27.6 Å². The van der Waals surface area contributed by atoms with Gasteiger partial charge >= 0.3 is 5.97 Å². The first kappa shape index (κ1) is 14.1. The van der Waals surface area contributed by atoms with E-state index >= 15 is 0 Å². The molecule has 1 aliphatic carbocycles. The molecule has 0 radical (unpaired) electrons. The van der Waals surface area contributed by atoms with Gasteiger partial charge in [-0.1, -0.05) is 45.8 Å². The monoisotopic (exact) mass is 345 g/mol. The van der Waals surface area contributed by atoms with E-state index < -0.39 is 11.5 Å². The van der Waals surface area contributed by atoms with E-state index in [1.807, 2.05) is 49.4 Å². The van der Waals surface area contributed by atoms with Crippen molar-refractivity contribution in [1.29, 1.82) is 0 Å². The summed E-state index contributed by atoms with van der Waals surface area (Å²) in [5, 5.41) is 13.1. The summed E-state index contributed by atoms with van der Waals surface area (Å²) in [7, 11) is 0. The maximum Gasteiger partial charge on any atom is 0.334 e. The molecule has 0 amide bonds. The van der Waals surface area contributed by atoms with E-state index in [4.69, 9.17) is 0 Å². The Balaban J connectivity index is 2.08.